The van der Waals surface area contributed by atoms with Gasteiger partial charge in [-0.3, -0.25) is 4.90 Å². The number of nitrogens with zero attached hydrogens (tertiary/aromatic N) is 1. The Bertz CT molecular complexity index is 469. The molecule has 3 heterocycles. The first-order chi connectivity index (χ1) is 9.45. The third-order valence-corrected chi connectivity index (χ3v) is 6.53. The summed E-state index contributed by atoms with van der Waals surface area (Å²) in [5, 5.41) is 0. The fourth-order valence-electron chi connectivity index (χ4n) is 6.03. The molecule has 2 bridgehead atoms. The molecule has 5 unspecified atom stereocenters. The highest BCUT2D eigenvalue weighted by atomic mass is 79.9. The minimum Gasteiger partial charge on any atom is -0.292 e. The van der Waals surface area contributed by atoms with E-state index in [0.29, 0.717) is 0 Å². The first-order valence-corrected chi connectivity index (χ1v) is 8.30. The minimum absolute atomic E-state index is 0. The molecule has 0 amide bonds. The summed E-state index contributed by atoms with van der Waals surface area (Å²) in [6.45, 7) is 1.36. The van der Waals surface area contributed by atoms with Crippen LogP contribution >= 0.6 is 17.0 Å². The van der Waals surface area contributed by atoms with Gasteiger partial charge in [0.2, 0.25) is 0 Å². The van der Waals surface area contributed by atoms with Gasteiger partial charge in [-0.2, -0.15) is 0 Å². The van der Waals surface area contributed by atoms with E-state index in [2.05, 4.69) is 29.2 Å². The number of hydrogen-bond acceptors (Lipinski definition) is 1. The van der Waals surface area contributed by atoms with Crippen molar-refractivity contribution in [3.8, 4) is 0 Å². The van der Waals surface area contributed by atoms with Crippen molar-refractivity contribution in [1.29, 1.82) is 0 Å². The highest BCUT2D eigenvalue weighted by Gasteiger charge is 2.56. The van der Waals surface area contributed by atoms with Crippen LogP contribution in [-0.2, 0) is 0 Å². The van der Waals surface area contributed by atoms with Crippen LogP contribution in [0, 0.1) is 11.8 Å². The second-order valence-electron chi connectivity index (χ2n) is 7.16. The molecule has 3 fully saturated rings. The van der Waals surface area contributed by atoms with Gasteiger partial charge in [0, 0.05) is 18.0 Å². The molecule has 2 heteroatoms. The Balaban J connectivity index is 0.00000106. The Morgan fingerprint density at radius 2 is 1.65 bits per heavy atom. The van der Waals surface area contributed by atoms with Crippen LogP contribution in [0.5, 0.6) is 0 Å². The van der Waals surface area contributed by atoms with Crippen molar-refractivity contribution < 1.29 is 0 Å². The molecular formula is C18H24BrN. The van der Waals surface area contributed by atoms with Crippen molar-refractivity contribution in [2.75, 3.05) is 6.54 Å². The smallest absolute Gasteiger partial charge is 0.0385 e. The van der Waals surface area contributed by atoms with Crippen LogP contribution in [0.2, 0.25) is 0 Å². The first kappa shape index (κ1) is 13.3. The quantitative estimate of drug-likeness (QED) is 0.665. The van der Waals surface area contributed by atoms with Gasteiger partial charge < -0.3 is 0 Å². The molecule has 20 heavy (non-hydrogen) atoms. The molecule has 1 aromatic carbocycles. The molecule has 5 atom stereocenters. The normalized spacial score (nSPS) is 41.5. The molecule has 108 valence electrons. The van der Waals surface area contributed by atoms with Crippen LogP contribution in [0.1, 0.15) is 61.6 Å². The molecule has 2 aliphatic carbocycles. The van der Waals surface area contributed by atoms with Gasteiger partial charge in [0.15, 0.2) is 0 Å². The number of halogens is 1. The average molecular weight is 334 g/mol. The number of rotatable bonds is 0. The van der Waals surface area contributed by atoms with Crippen molar-refractivity contribution in [3.05, 3.63) is 35.4 Å². The number of piperidine rings is 2. The van der Waals surface area contributed by atoms with Gasteiger partial charge in [-0.1, -0.05) is 37.1 Å². The molecule has 5 aliphatic rings. The van der Waals surface area contributed by atoms with Gasteiger partial charge in [-0.25, -0.2) is 0 Å². The summed E-state index contributed by atoms with van der Waals surface area (Å²) < 4.78 is 0. The topological polar surface area (TPSA) is 3.24 Å². The molecule has 0 radical (unpaired) electrons. The van der Waals surface area contributed by atoms with E-state index in [9.17, 15) is 0 Å². The van der Waals surface area contributed by atoms with E-state index < -0.39 is 0 Å². The van der Waals surface area contributed by atoms with Crippen LogP contribution < -0.4 is 0 Å². The maximum absolute atomic E-state index is 2.92. The lowest BCUT2D eigenvalue weighted by Gasteiger charge is -2.59. The Labute approximate surface area is 132 Å². The van der Waals surface area contributed by atoms with E-state index in [1.165, 1.54) is 45.1 Å². The van der Waals surface area contributed by atoms with Crippen molar-refractivity contribution in [2.24, 2.45) is 11.8 Å². The van der Waals surface area contributed by atoms with Crippen LogP contribution in [0.4, 0.5) is 0 Å². The van der Waals surface area contributed by atoms with E-state index in [1.54, 1.807) is 11.1 Å². The van der Waals surface area contributed by atoms with E-state index in [1.807, 2.05) is 0 Å². The molecule has 0 spiro atoms. The third-order valence-electron chi connectivity index (χ3n) is 6.53. The number of hydrogen-bond donors (Lipinski definition) is 0. The van der Waals surface area contributed by atoms with Crippen molar-refractivity contribution in [3.63, 3.8) is 0 Å². The summed E-state index contributed by atoms with van der Waals surface area (Å²) in [4.78, 5) is 2.92. The van der Waals surface area contributed by atoms with Gasteiger partial charge in [-0.15, -0.1) is 17.0 Å². The SMILES string of the molecule is Br.c1ccc2c(c1)C1C3CCCC3C2N2CCCCC12. The zero-order valence-electron chi connectivity index (χ0n) is 12.0. The molecule has 2 saturated heterocycles. The van der Waals surface area contributed by atoms with Crippen LogP contribution in [0.25, 0.3) is 0 Å². The lowest BCUT2D eigenvalue weighted by molar-refractivity contribution is -0.0440. The average Bonchev–Trinajstić information content (AvgIpc) is 2.96. The van der Waals surface area contributed by atoms with Crippen LogP contribution in [0.3, 0.4) is 0 Å². The van der Waals surface area contributed by atoms with Crippen LogP contribution in [-0.4, -0.2) is 17.5 Å². The fourth-order valence-corrected chi connectivity index (χ4v) is 6.03. The van der Waals surface area contributed by atoms with Crippen molar-refractivity contribution in [1.82, 2.24) is 4.90 Å². The van der Waals surface area contributed by atoms with Crippen molar-refractivity contribution >= 4 is 17.0 Å². The largest absolute Gasteiger partial charge is 0.292 e. The molecular weight excluding hydrogens is 310 g/mol. The van der Waals surface area contributed by atoms with Gasteiger partial charge in [0.05, 0.1) is 0 Å². The molecule has 6 rings (SSSR count). The monoisotopic (exact) mass is 333 g/mol. The number of benzene rings is 1. The van der Waals surface area contributed by atoms with E-state index in [4.69, 9.17) is 0 Å². The van der Waals surface area contributed by atoms with E-state index in [-0.39, 0.29) is 17.0 Å². The molecule has 1 nitrogen and oxygen atoms in total. The summed E-state index contributed by atoms with van der Waals surface area (Å²) >= 11 is 0. The Morgan fingerprint density at radius 1 is 0.850 bits per heavy atom. The molecule has 0 N–H and O–H groups in total. The van der Waals surface area contributed by atoms with Gasteiger partial charge in [0.25, 0.3) is 0 Å². The summed E-state index contributed by atoms with van der Waals surface area (Å²) in [7, 11) is 0. The zero-order chi connectivity index (χ0) is 12.4. The molecule has 1 saturated carbocycles. The maximum Gasteiger partial charge on any atom is 0.0385 e. The predicted octanol–water partition coefficient (Wildman–Crippen LogP) is 4.69. The summed E-state index contributed by atoms with van der Waals surface area (Å²) in [5.74, 6) is 2.86. The molecule has 0 aromatic heterocycles. The lowest BCUT2D eigenvalue weighted by Crippen LogP contribution is -2.58. The van der Waals surface area contributed by atoms with Gasteiger partial charge in [0.1, 0.15) is 0 Å². The Morgan fingerprint density at radius 3 is 2.55 bits per heavy atom. The summed E-state index contributed by atoms with van der Waals surface area (Å²) in [6.07, 6.45) is 8.83. The highest BCUT2D eigenvalue weighted by molar-refractivity contribution is 8.93. The maximum atomic E-state index is 2.92. The molecule has 3 aliphatic heterocycles. The first-order valence-electron chi connectivity index (χ1n) is 8.30. The summed E-state index contributed by atoms with van der Waals surface area (Å²) in [6, 6.07) is 11.1. The minimum atomic E-state index is 0. The van der Waals surface area contributed by atoms with Crippen LogP contribution in [0.15, 0.2) is 24.3 Å². The van der Waals surface area contributed by atoms with E-state index >= 15 is 0 Å². The molecule has 1 aromatic rings. The predicted molar refractivity (Wildman–Crippen MR) is 87.4 cm³/mol. The zero-order valence-corrected chi connectivity index (χ0v) is 13.7. The second-order valence-corrected chi connectivity index (χ2v) is 7.16. The van der Waals surface area contributed by atoms with Crippen molar-refractivity contribution in [2.45, 2.75) is 56.5 Å². The third kappa shape index (κ3) is 1.58. The summed E-state index contributed by atoms with van der Waals surface area (Å²) in [5.41, 5.74) is 3.44. The Kier molecular flexibility index (Phi) is 3.23. The fraction of sp³-hybridized carbons (Fsp3) is 0.667. The highest BCUT2D eigenvalue weighted by Crippen LogP contribution is 2.62. The van der Waals surface area contributed by atoms with E-state index in [0.717, 1.165) is 29.8 Å². The lowest BCUT2D eigenvalue weighted by atomic mass is 9.59. The standard InChI is InChI=1S/C18H23N.BrH/c1-2-7-14-12(6-1)17-13-8-5-9-15(13)18(14)19-11-4-3-10-16(17)19;/h1-2,6-7,13,15-18H,3-5,8-11H2;1H. The Hall–Kier alpha value is -0.340. The van der Waals surface area contributed by atoms with Gasteiger partial charge in [-0.05, 0) is 55.2 Å². The van der Waals surface area contributed by atoms with Gasteiger partial charge >= 0.3 is 0 Å². The second kappa shape index (κ2) is 4.84.